The van der Waals surface area contributed by atoms with Gasteiger partial charge in [0.15, 0.2) is 5.65 Å². The lowest BCUT2D eigenvalue weighted by molar-refractivity contribution is 0.0128. The van der Waals surface area contributed by atoms with Crippen molar-refractivity contribution in [2.45, 2.75) is 26.2 Å². The van der Waals surface area contributed by atoms with Crippen LogP contribution >= 0.6 is 0 Å². The van der Waals surface area contributed by atoms with Gasteiger partial charge in [-0.2, -0.15) is 10.2 Å². The van der Waals surface area contributed by atoms with Crippen molar-refractivity contribution in [1.82, 2.24) is 29.9 Å². The molecule has 4 aromatic rings. The molecule has 0 aliphatic carbocycles. The number of aromatic amines is 1. The quantitative estimate of drug-likeness (QED) is 0.601. The predicted molar refractivity (Wildman–Crippen MR) is 92.5 cm³/mol. The molecule has 0 radical (unpaired) electrons. The summed E-state index contributed by atoms with van der Waals surface area (Å²) in [7, 11) is 0. The zero-order valence-corrected chi connectivity index (χ0v) is 14.0. The Morgan fingerprint density at radius 3 is 3.00 bits per heavy atom. The van der Waals surface area contributed by atoms with E-state index < -0.39 is 0 Å². The van der Waals surface area contributed by atoms with Crippen LogP contribution in [0, 0.1) is 5.82 Å². The number of hydrogen-bond acceptors (Lipinski definition) is 5. The Morgan fingerprint density at radius 2 is 2.15 bits per heavy atom. The highest BCUT2D eigenvalue weighted by atomic mass is 19.1. The zero-order chi connectivity index (χ0) is 17.7. The molecule has 0 saturated carbocycles. The maximum absolute atomic E-state index is 13.3. The number of ether oxygens (including phenoxy) is 1. The molecule has 0 fully saturated rings. The first kappa shape index (κ1) is 15.2. The van der Waals surface area contributed by atoms with Crippen molar-refractivity contribution in [2.75, 3.05) is 0 Å². The van der Waals surface area contributed by atoms with E-state index in [2.05, 4.69) is 20.2 Å². The summed E-state index contributed by atoms with van der Waals surface area (Å²) in [5.74, 6) is -0.377. The fourth-order valence-electron chi connectivity index (χ4n) is 3.36. The Labute approximate surface area is 147 Å². The van der Waals surface area contributed by atoms with Crippen LogP contribution in [0.5, 0.6) is 0 Å². The molecule has 1 aliphatic heterocycles. The van der Waals surface area contributed by atoms with Gasteiger partial charge < -0.3 is 4.74 Å². The van der Waals surface area contributed by atoms with Crippen LogP contribution < -0.4 is 0 Å². The van der Waals surface area contributed by atoms with Crippen LogP contribution in [-0.2, 0) is 17.9 Å². The highest BCUT2D eigenvalue weighted by molar-refractivity contribution is 5.97. The van der Waals surface area contributed by atoms with Crippen LogP contribution in [0.2, 0.25) is 0 Å². The lowest BCUT2D eigenvalue weighted by Crippen LogP contribution is -2.25. The Hall–Kier alpha value is -3.13. The minimum atomic E-state index is -0.377. The Bertz CT molecular complexity index is 1100. The minimum Gasteiger partial charge on any atom is -0.370 e. The van der Waals surface area contributed by atoms with Crippen molar-refractivity contribution >= 4 is 11.0 Å². The maximum Gasteiger partial charge on any atom is 0.155 e. The second kappa shape index (κ2) is 5.70. The zero-order valence-electron chi connectivity index (χ0n) is 14.0. The highest BCUT2D eigenvalue weighted by Gasteiger charge is 2.27. The van der Waals surface area contributed by atoms with E-state index in [0.29, 0.717) is 30.2 Å². The molecule has 0 aromatic carbocycles. The van der Waals surface area contributed by atoms with Crippen molar-refractivity contribution in [3.63, 3.8) is 0 Å². The maximum atomic E-state index is 13.3. The number of nitrogens with one attached hydrogen (secondary N) is 1. The first-order valence-electron chi connectivity index (χ1n) is 8.32. The van der Waals surface area contributed by atoms with E-state index in [4.69, 9.17) is 9.84 Å². The van der Waals surface area contributed by atoms with E-state index >= 15 is 0 Å². The Balaban J connectivity index is 1.80. The summed E-state index contributed by atoms with van der Waals surface area (Å²) in [6.07, 6.45) is 4.76. The van der Waals surface area contributed by atoms with Gasteiger partial charge in [0.25, 0.3) is 0 Å². The SMILES string of the molecule is C[C@H]1Cn2nc(-c3ccc(F)cn3)c(-c3ccnc4[nH]ncc34)c2CO1. The van der Waals surface area contributed by atoms with E-state index in [1.54, 1.807) is 18.5 Å². The number of H-pyrrole nitrogens is 1. The molecule has 8 heteroatoms. The van der Waals surface area contributed by atoms with Crippen LogP contribution in [0.25, 0.3) is 33.5 Å². The van der Waals surface area contributed by atoms with Gasteiger partial charge in [0.2, 0.25) is 0 Å². The monoisotopic (exact) mass is 350 g/mol. The summed E-state index contributed by atoms with van der Waals surface area (Å²) < 4.78 is 21.1. The first-order valence-corrected chi connectivity index (χ1v) is 8.32. The van der Waals surface area contributed by atoms with Crippen molar-refractivity contribution < 1.29 is 9.13 Å². The number of hydrogen-bond donors (Lipinski definition) is 1. The molecule has 0 spiro atoms. The molecule has 5 rings (SSSR count). The molecule has 0 unspecified atom stereocenters. The molecule has 4 aromatic heterocycles. The summed E-state index contributed by atoms with van der Waals surface area (Å²) in [6.45, 7) is 3.12. The molecule has 7 nitrogen and oxygen atoms in total. The molecule has 1 N–H and O–H groups in total. The van der Waals surface area contributed by atoms with Gasteiger partial charge in [0.1, 0.15) is 11.5 Å². The summed E-state index contributed by atoms with van der Waals surface area (Å²) >= 11 is 0. The largest absolute Gasteiger partial charge is 0.370 e. The number of rotatable bonds is 2. The molecule has 0 bridgehead atoms. The number of halogens is 1. The fraction of sp³-hybridized carbons (Fsp3) is 0.222. The average Bonchev–Trinajstić information content (AvgIpc) is 3.26. The van der Waals surface area contributed by atoms with Gasteiger partial charge in [-0.1, -0.05) is 0 Å². The summed E-state index contributed by atoms with van der Waals surface area (Å²) in [6, 6.07) is 4.97. The summed E-state index contributed by atoms with van der Waals surface area (Å²) in [4.78, 5) is 8.54. The average molecular weight is 350 g/mol. The minimum absolute atomic E-state index is 0.0793. The second-order valence-corrected chi connectivity index (χ2v) is 6.33. The Kier molecular flexibility index (Phi) is 3.32. The summed E-state index contributed by atoms with van der Waals surface area (Å²) in [5, 5.41) is 12.7. The molecule has 1 aliphatic rings. The van der Waals surface area contributed by atoms with Crippen LogP contribution in [0.15, 0.2) is 36.8 Å². The lowest BCUT2D eigenvalue weighted by atomic mass is 9.99. The third-order valence-corrected chi connectivity index (χ3v) is 4.59. The van der Waals surface area contributed by atoms with E-state index in [0.717, 1.165) is 22.2 Å². The highest BCUT2D eigenvalue weighted by Crippen LogP contribution is 2.38. The van der Waals surface area contributed by atoms with Gasteiger partial charge in [0.05, 0.1) is 43.0 Å². The number of pyridine rings is 2. The van der Waals surface area contributed by atoms with Gasteiger partial charge >= 0.3 is 0 Å². The number of aromatic nitrogens is 6. The van der Waals surface area contributed by atoms with Crippen molar-refractivity contribution in [1.29, 1.82) is 0 Å². The van der Waals surface area contributed by atoms with Gasteiger partial charge in [0, 0.05) is 22.7 Å². The smallest absolute Gasteiger partial charge is 0.155 e. The molecule has 130 valence electrons. The van der Waals surface area contributed by atoms with Gasteiger partial charge in [-0.15, -0.1) is 0 Å². The predicted octanol–water partition coefficient (Wildman–Crippen LogP) is 2.94. The Morgan fingerprint density at radius 1 is 1.23 bits per heavy atom. The summed E-state index contributed by atoms with van der Waals surface area (Å²) in [5.41, 5.74) is 4.85. The third kappa shape index (κ3) is 2.30. The van der Waals surface area contributed by atoms with E-state index in [1.165, 1.54) is 12.3 Å². The van der Waals surface area contributed by atoms with Crippen molar-refractivity contribution in [3.05, 3.63) is 48.3 Å². The van der Waals surface area contributed by atoms with Crippen molar-refractivity contribution in [3.8, 4) is 22.5 Å². The van der Waals surface area contributed by atoms with Crippen LogP contribution in [0.3, 0.4) is 0 Å². The number of nitrogens with zero attached hydrogens (tertiary/aromatic N) is 5. The fourth-order valence-corrected chi connectivity index (χ4v) is 3.36. The van der Waals surface area contributed by atoms with Crippen molar-refractivity contribution in [2.24, 2.45) is 0 Å². The van der Waals surface area contributed by atoms with Gasteiger partial charge in [-0.05, 0) is 25.1 Å². The topological polar surface area (TPSA) is 81.5 Å². The van der Waals surface area contributed by atoms with Gasteiger partial charge in [-0.3, -0.25) is 14.8 Å². The number of fused-ring (bicyclic) bond motifs is 2. The molecule has 26 heavy (non-hydrogen) atoms. The normalized spacial score (nSPS) is 16.8. The van der Waals surface area contributed by atoms with Gasteiger partial charge in [-0.25, -0.2) is 9.37 Å². The first-order chi connectivity index (χ1) is 12.7. The van der Waals surface area contributed by atoms with E-state index in [9.17, 15) is 4.39 Å². The third-order valence-electron chi connectivity index (χ3n) is 4.59. The molecular formula is C18H15FN6O. The molecule has 5 heterocycles. The van der Waals surface area contributed by atoms with Crippen LogP contribution in [0.1, 0.15) is 12.6 Å². The molecule has 0 amide bonds. The van der Waals surface area contributed by atoms with E-state index in [-0.39, 0.29) is 11.9 Å². The molecule has 0 saturated heterocycles. The second-order valence-electron chi connectivity index (χ2n) is 6.33. The van der Waals surface area contributed by atoms with Crippen LogP contribution in [-0.4, -0.2) is 36.0 Å². The van der Waals surface area contributed by atoms with E-state index in [1.807, 2.05) is 17.7 Å². The molecular weight excluding hydrogens is 335 g/mol. The molecule has 1 atom stereocenters. The van der Waals surface area contributed by atoms with Crippen LogP contribution in [0.4, 0.5) is 4.39 Å². The lowest BCUT2D eigenvalue weighted by Gasteiger charge is -2.21. The standard InChI is InChI=1S/C18H15FN6O/c1-10-8-25-15(9-26-10)16(12-4-5-20-18-13(12)7-22-23-18)17(24-25)14-3-2-11(19)6-21-14/h2-7,10H,8-9H2,1H3,(H,20,22,23)/t10-/m0/s1.